The number of thiophene rings is 1. The van der Waals surface area contributed by atoms with Crippen LogP contribution in [0.3, 0.4) is 0 Å². The fourth-order valence-electron chi connectivity index (χ4n) is 5.31. The van der Waals surface area contributed by atoms with Crippen molar-refractivity contribution in [2.45, 2.75) is 45.2 Å². The lowest BCUT2D eigenvalue weighted by Gasteiger charge is -2.31. The number of nitrogens with one attached hydrogen (secondary N) is 1. The van der Waals surface area contributed by atoms with E-state index in [9.17, 15) is 9.18 Å². The Kier molecular flexibility index (Phi) is 5.26. The first-order chi connectivity index (χ1) is 16.6. The van der Waals surface area contributed by atoms with Crippen LogP contribution in [0.5, 0.6) is 0 Å². The smallest absolute Gasteiger partial charge is 0.310 e. The summed E-state index contributed by atoms with van der Waals surface area (Å²) in [6, 6.07) is 18.1. The second-order valence-corrected chi connectivity index (χ2v) is 10.3. The summed E-state index contributed by atoms with van der Waals surface area (Å²) < 4.78 is 15.7. The maximum atomic E-state index is 13.8. The van der Waals surface area contributed by atoms with Crippen molar-refractivity contribution in [1.82, 2.24) is 9.47 Å². The predicted molar refractivity (Wildman–Crippen MR) is 134 cm³/mol. The number of aryl methyl sites for hydroxylation is 2. The first-order valence-electron chi connectivity index (χ1n) is 11.8. The van der Waals surface area contributed by atoms with Crippen LogP contribution in [-0.4, -0.2) is 15.5 Å². The molecular formula is C28H26FN3OS. The average molecular weight is 472 g/mol. The van der Waals surface area contributed by atoms with Gasteiger partial charge in [-0.25, -0.2) is 9.18 Å². The highest BCUT2D eigenvalue weighted by molar-refractivity contribution is 7.15. The molecule has 6 rings (SSSR count). The molecule has 0 radical (unpaired) electrons. The zero-order chi connectivity index (χ0) is 23.2. The molecule has 1 N–H and O–H groups in total. The van der Waals surface area contributed by atoms with Crippen LogP contribution in [0.25, 0.3) is 5.00 Å². The van der Waals surface area contributed by atoms with Gasteiger partial charge >= 0.3 is 6.03 Å². The quantitative estimate of drug-likeness (QED) is 0.336. The van der Waals surface area contributed by atoms with Gasteiger partial charge in [0.1, 0.15) is 10.8 Å². The summed E-state index contributed by atoms with van der Waals surface area (Å²) in [5.41, 5.74) is 6.60. The van der Waals surface area contributed by atoms with Crippen molar-refractivity contribution >= 4 is 23.1 Å². The zero-order valence-corrected chi connectivity index (χ0v) is 19.9. The number of fused-ring (bicyclic) bond motifs is 5. The number of rotatable bonds is 2. The monoisotopic (exact) mass is 471 g/mol. The van der Waals surface area contributed by atoms with Gasteiger partial charge in [-0.05, 0) is 80.1 Å². The highest BCUT2D eigenvalue weighted by Crippen LogP contribution is 2.44. The number of anilines is 1. The van der Waals surface area contributed by atoms with E-state index in [-0.39, 0.29) is 17.9 Å². The molecule has 0 fully saturated rings. The van der Waals surface area contributed by atoms with Crippen molar-refractivity contribution in [1.29, 1.82) is 0 Å². The molecule has 0 spiro atoms. The molecule has 1 atom stereocenters. The molecule has 1 aliphatic carbocycles. The lowest BCUT2D eigenvalue weighted by Crippen LogP contribution is -2.38. The van der Waals surface area contributed by atoms with Crippen LogP contribution in [0.1, 0.15) is 51.7 Å². The summed E-state index contributed by atoms with van der Waals surface area (Å²) in [7, 11) is 0. The molecule has 2 amide bonds. The molecule has 34 heavy (non-hydrogen) atoms. The lowest BCUT2D eigenvalue weighted by molar-refractivity contribution is 0.194. The number of hydrogen-bond donors (Lipinski definition) is 1. The van der Waals surface area contributed by atoms with Crippen LogP contribution in [0.15, 0.2) is 66.9 Å². The third-order valence-electron chi connectivity index (χ3n) is 6.89. The fraction of sp³-hybridized carbons (Fsp3) is 0.250. The van der Waals surface area contributed by atoms with E-state index in [4.69, 9.17) is 0 Å². The second kappa shape index (κ2) is 8.44. The molecule has 0 bridgehead atoms. The molecule has 0 saturated carbocycles. The summed E-state index contributed by atoms with van der Waals surface area (Å²) >= 11 is 1.88. The van der Waals surface area contributed by atoms with Gasteiger partial charge < -0.3 is 14.8 Å². The Morgan fingerprint density at radius 3 is 2.68 bits per heavy atom. The zero-order valence-electron chi connectivity index (χ0n) is 19.1. The molecule has 0 unspecified atom stereocenters. The van der Waals surface area contributed by atoms with Gasteiger partial charge in [0, 0.05) is 22.3 Å². The molecule has 0 saturated heterocycles. The molecule has 1 aliphatic heterocycles. The molecule has 2 aromatic heterocycles. The summed E-state index contributed by atoms with van der Waals surface area (Å²) in [5, 5.41) is 4.26. The van der Waals surface area contributed by atoms with Gasteiger partial charge in [0.2, 0.25) is 0 Å². The summed E-state index contributed by atoms with van der Waals surface area (Å²) in [5.74, 6) is -0.322. The van der Waals surface area contributed by atoms with Crippen molar-refractivity contribution in [2.24, 2.45) is 0 Å². The van der Waals surface area contributed by atoms with Gasteiger partial charge in [-0.2, -0.15) is 0 Å². The number of nitrogens with zero attached hydrogens (tertiary/aromatic N) is 2. The molecule has 6 heteroatoms. The minimum absolute atomic E-state index is 0.186. The van der Waals surface area contributed by atoms with E-state index in [2.05, 4.69) is 59.4 Å². The molecular weight excluding hydrogens is 445 g/mol. The first kappa shape index (κ1) is 21.2. The van der Waals surface area contributed by atoms with Crippen LogP contribution in [0.4, 0.5) is 14.9 Å². The lowest BCUT2D eigenvalue weighted by atomic mass is 9.95. The molecule has 2 aliphatic rings. The summed E-state index contributed by atoms with van der Waals surface area (Å²) in [4.78, 5) is 17.2. The number of hydrogen-bond acceptors (Lipinski definition) is 2. The van der Waals surface area contributed by atoms with Crippen LogP contribution in [0.2, 0.25) is 0 Å². The Morgan fingerprint density at radius 1 is 1.03 bits per heavy atom. The van der Waals surface area contributed by atoms with E-state index in [0.717, 1.165) is 29.7 Å². The van der Waals surface area contributed by atoms with E-state index in [0.29, 0.717) is 12.2 Å². The minimum Gasteiger partial charge on any atom is -0.310 e. The van der Waals surface area contributed by atoms with E-state index >= 15 is 0 Å². The Balaban J connectivity index is 1.50. The third kappa shape index (κ3) is 3.62. The van der Waals surface area contributed by atoms with Crippen molar-refractivity contribution < 1.29 is 9.18 Å². The molecule has 4 nitrogen and oxygen atoms in total. The highest BCUT2D eigenvalue weighted by Gasteiger charge is 2.36. The van der Waals surface area contributed by atoms with Gasteiger partial charge in [0.05, 0.1) is 18.3 Å². The fourth-order valence-corrected chi connectivity index (χ4v) is 6.71. The van der Waals surface area contributed by atoms with Crippen molar-refractivity contribution in [3.8, 4) is 5.00 Å². The minimum atomic E-state index is -0.322. The Bertz CT molecular complexity index is 1370. The van der Waals surface area contributed by atoms with Gasteiger partial charge in [-0.1, -0.05) is 29.8 Å². The van der Waals surface area contributed by atoms with Gasteiger partial charge in [0.15, 0.2) is 0 Å². The topological polar surface area (TPSA) is 37.3 Å². The average Bonchev–Trinajstić information content (AvgIpc) is 3.42. The van der Waals surface area contributed by atoms with Gasteiger partial charge in [-0.3, -0.25) is 0 Å². The standard InChI is InChI=1S/C28H26FN3OS/c1-18-6-4-7-19(16-18)26-24-9-5-15-31(24)27-23(22-8-2-3-10-25(22)34-27)17-32(26)28(33)30-21-13-11-20(29)12-14-21/h4-7,9,11-16,26H,2-3,8,10,17H2,1H3,(H,30,33)/t26-/m0/s1. The maximum absolute atomic E-state index is 13.8. The normalized spacial score (nSPS) is 16.9. The van der Waals surface area contributed by atoms with Gasteiger partial charge in [0.25, 0.3) is 0 Å². The largest absolute Gasteiger partial charge is 0.322 e. The van der Waals surface area contributed by atoms with Gasteiger partial charge in [-0.15, -0.1) is 11.3 Å². The Hall–Kier alpha value is -3.38. The van der Waals surface area contributed by atoms with E-state index < -0.39 is 0 Å². The Labute approximate surface area is 202 Å². The van der Waals surface area contributed by atoms with Crippen molar-refractivity contribution in [2.75, 3.05) is 5.32 Å². The van der Waals surface area contributed by atoms with Crippen LogP contribution >= 0.6 is 11.3 Å². The second-order valence-electron chi connectivity index (χ2n) is 9.18. The molecule has 4 aromatic rings. The maximum Gasteiger partial charge on any atom is 0.322 e. The van der Waals surface area contributed by atoms with E-state index in [1.54, 1.807) is 12.1 Å². The number of aromatic nitrogens is 1. The van der Waals surface area contributed by atoms with Crippen molar-refractivity contribution in [3.05, 3.63) is 106 Å². The van der Waals surface area contributed by atoms with Crippen molar-refractivity contribution in [3.63, 3.8) is 0 Å². The van der Waals surface area contributed by atoms with Crippen LogP contribution < -0.4 is 5.32 Å². The number of carbonyl (C=O) groups is 1. The van der Waals surface area contributed by atoms with Crippen LogP contribution in [-0.2, 0) is 19.4 Å². The number of carbonyl (C=O) groups excluding carboxylic acids is 1. The summed E-state index contributed by atoms with van der Waals surface area (Å²) in [6.45, 7) is 2.61. The number of halogens is 1. The van der Waals surface area contributed by atoms with Crippen LogP contribution in [0, 0.1) is 12.7 Å². The van der Waals surface area contributed by atoms with E-state index in [1.807, 2.05) is 16.2 Å². The molecule has 2 aromatic carbocycles. The number of amides is 2. The highest BCUT2D eigenvalue weighted by atomic mass is 32.1. The molecule has 3 heterocycles. The van der Waals surface area contributed by atoms with E-state index in [1.165, 1.54) is 46.0 Å². The molecule has 172 valence electrons. The number of benzene rings is 2. The first-order valence-corrected chi connectivity index (χ1v) is 12.6. The third-order valence-corrected chi connectivity index (χ3v) is 8.23. The summed E-state index contributed by atoms with van der Waals surface area (Å²) in [6.07, 6.45) is 6.73. The Morgan fingerprint density at radius 2 is 1.85 bits per heavy atom. The number of urea groups is 1. The predicted octanol–water partition coefficient (Wildman–Crippen LogP) is 7.00. The SMILES string of the molecule is Cc1cccc([C@H]2c3cccn3-c3sc4c(c3CN2C(=O)Nc2ccc(F)cc2)CCCC4)c1.